The van der Waals surface area contributed by atoms with Gasteiger partial charge in [-0.05, 0) is 44.4 Å². The minimum atomic E-state index is -3.15. The summed E-state index contributed by atoms with van der Waals surface area (Å²) in [4.78, 5) is 41.8. The van der Waals surface area contributed by atoms with Crippen LogP contribution in [0.3, 0.4) is 0 Å². The predicted molar refractivity (Wildman–Crippen MR) is 125 cm³/mol. The zero-order valence-corrected chi connectivity index (χ0v) is 19.4. The largest absolute Gasteiger partial charge is 0.462 e. The Bertz CT molecular complexity index is 1280. The molecule has 2 aromatic rings. The Hall–Kier alpha value is -4.04. The average Bonchev–Trinajstić information content (AvgIpc) is 3.64. The molecule has 0 saturated heterocycles. The monoisotopic (exact) mass is 483 g/mol. The Kier molecular flexibility index (Phi) is 6.66. The van der Waals surface area contributed by atoms with Gasteiger partial charge in [-0.2, -0.15) is 8.78 Å². The van der Waals surface area contributed by atoms with Crippen molar-refractivity contribution in [3.8, 4) is 16.9 Å². The van der Waals surface area contributed by atoms with Crippen LogP contribution >= 0.6 is 0 Å². The first-order valence-corrected chi connectivity index (χ1v) is 11.0. The molecule has 2 heterocycles. The number of aryl methyl sites for hydroxylation is 1. The van der Waals surface area contributed by atoms with E-state index in [0.29, 0.717) is 22.5 Å². The van der Waals surface area contributed by atoms with E-state index < -0.39 is 12.6 Å². The van der Waals surface area contributed by atoms with Crippen LogP contribution in [0.1, 0.15) is 37.8 Å². The first-order chi connectivity index (χ1) is 16.7. The van der Waals surface area contributed by atoms with E-state index in [4.69, 9.17) is 9.47 Å². The molecule has 1 aliphatic heterocycles. The summed E-state index contributed by atoms with van der Waals surface area (Å²) < 4.78 is 37.4. The van der Waals surface area contributed by atoms with Gasteiger partial charge in [0.1, 0.15) is 11.8 Å². The van der Waals surface area contributed by atoms with Gasteiger partial charge in [-0.15, -0.1) is 0 Å². The van der Waals surface area contributed by atoms with Gasteiger partial charge in [0.15, 0.2) is 5.75 Å². The van der Waals surface area contributed by atoms with Gasteiger partial charge in [-0.25, -0.2) is 14.6 Å². The molecule has 0 spiro atoms. The number of aromatic nitrogens is 1. The molecule has 1 saturated carbocycles. The van der Waals surface area contributed by atoms with Crippen molar-refractivity contribution in [2.24, 2.45) is 0 Å². The number of rotatable bonds is 7. The summed E-state index contributed by atoms with van der Waals surface area (Å²) in [7, 11) is 0. The molecular formula is C25H23F2N3O5. The number of fused-ring (bicyclic) bond motifs is 1. The number of amides is 1. The lowest BCUT2D eigenvalue weighted by Gasteiger charge is -2.32. The van der Waals surface area contributed by atoms with Crippen molar-refractivity contribution in [2.75, 3.05) is 16.8 Å². The van der Waals surface area contributed by atoms with Gasteiger partial charge in [0.2, 0.25) is 5.91 Å². The first-order valence-electron chi connectivity index (χ1n) is 11.0. The molecule has 1 aromatic heterocycles. The summed E-state index contributed by atoms with van der Waals surface area (Å²) in [5, 5.41) is 2.61. The molecule has 0 atom stereocenters. The van der Waals surface area contributed by atoms with E-state index in [9.17, 15) is 23.2 Å². The number of ether oxygens (including phenoxy) is 2. The van der Waals surface area contributed by atoms with E-state index in [0.717, 1.165) is 12.8 Å². The van der Waals surface area contributed by atoms with Gasteiger partial charge in [-0.1, -0.05) is 6.07 Å². The fourth-order valence-corrected chi connectivity index (χ4v) is 4.01. The second-order valence-electron chi connectivity index (χ2n) is 8.17. The highest BCUT2D eigenvalue weighted by atomic mass is 19.3. The first kappa shape index (κ1) is 24.1. The van der Waals surface area contributed by atoms with Crippen molar-refractivity contribution in [3.05, 3.63) is 47.3 Å². The minimum absolute atomic E-state index is 0.00849. The fraction of sp³-hybridized carbons (Fsp3) is 0.320. The van der Waals surface area contributed by atoms with E-state index in [2.05, 4.69) is 10.3 Å². The maximum absolute atomic E-state index is 13.6. The van der Waals surface area contributed by atoms with Gasteiger partial charge in [-0.3, -0.25) is 4.79 Å². The number of nitrogens with zero attached hydrogens (tertiary/aromatic N) is 2. The van der Waals surface area contributed by atoms with Crippen molar-refractivity contribution in [1.29, 1.82) is 0 Å². The number of hydrogen-bond donors (Lipinski definition) is 1. The second kappa shape index (κ2) is 9.68. The predicted octanol–water partition coefficient (Wildman–Crippen LogP) is 4.26. The molecule has 1 amide bonds. The summed E-state index contributed by atoms with van der Waals surface area (Å²) >= 11 is 0. The highest BCUT2D eigenvalue weighted by molar-refractivity contribution is 6.17. The molecule has 2 aliphatic rings. The molecule has 1 N–H and O–H groups in total. The normalized spacial score (nSPS) is 14.7. The van der Waals surface area contributed by atoms with Crippen LogP contribution in [0.5, 0.6) is 5.75 Å². The number of hydrogen-bond acceptors (Lipinski definition) is 7. The van der Waals surface area contributed by atoms with Crippen LogP contribution < -0.4 is 15.0 Å². The zero-order chi connectivity index (χ0) is 25.3. The standard InChI is InChI=1S/C25H23F2N3O5/c1-4-34-24(33)19-11-30(16-5-6-16)21-18(20(19)12-31)8-7-17(22(21)35-25(26)27)15-9-13(2)23(28-10-15)29-14(3)32/h7-11,16,25H,4-6H2,1-3H3,(H,28,29,32). The number of benzene rings is 1. The number of carbonyl (C=O) groups is 2. The number of halogens is 2. The number of pyridine rings is 1. The second-order valence-corrected chi connectivity index (χ2v) is 8.17. The van der Waals surface area contributed by atoms with Crippen LogP contribution in [0, 0.1) is 6.92 Å². The van der Waals surface area contributed by atoms with Crippen molar-refractivity contribution in [3.63, 3.8) is 0 Å². The molecule has 4 rings (SSSR count). The Labute approximate surface area is 200 Å². The molecule has 8 nitrogen and oxygen atoms in total. The maximum atomic E-state index is 13.6. The molecule has 10 heteroatoms. The summed E-state index contributed by atoms with van der Waals surface area (Å²) in [6.45, 7) is 1.69. The number of anilines is 2. The number of esters is 1. The lowest BCUT2D eigenvalue weighted by molar-refractivity contribution is -0.138. The van der Waals surface area contributed by atoms with Crippen LogP contribution in [0.2, 0.25) is 0 Å². The summed E-state index contributed by atoms with van der Waals surface area (Å²) in [5.41, 5.74) is 1.83. The molecule has 35 heavy (non-hydrogen) atoms. The van der Waals surface area contributed by atoms with Gasteiger partial charge < -0.3 is 19.7 Å². The molecule has 0 unspecified atom stereocenters. The molecule has 1 aromatic carbocycles. The van der Waals surface area contributed by atoms with Gasteiger partial charge in [0.25, 0.3) is 0 Å². The third-order valence-electron chi connectivity index (χ3n) is 5.62. The van der Waals surface area contributed by atoms with Crippen LogP contribution in [0.4, 0.5) is 20.3 Å². The van der Waals surface area contributed by atoms with Gasteiger partial charge >= 0.3 is 12.6 Å². The highest BCUT2D eigenvalue weighted by Gasteiger charge is 2.39. The average molecular weight is 483 g/mol. The summed E-state index contributed by atoms with van der Waals surface area (Å²) in [5.74, 6) is 0.993. The maximum Gasteiger partial charge on any atom is 0.387 e. The molecule has 0 radical (unpaired) electrons. The molecular weight excluding hydrogens is 460 g/mol. The molecule has 0 bridgehead atoms. The molecule has 1 aliphatic carbocycles. The number of alkyl halides is 2. The van der Waals surface area contributed by atoms with Gasteiger partial charge in [0, 0.05) is 42.1 Å². The SMILES string of the molecule is CCOC(=O)C1=CN(C2CC2)c2c(ccc(-c3cnc(NC(C)=O)c(C)c3)c2OC(F)F)C1=C=O. The van der Waals surface area contributed by atoms with Crippen molar-refractivity contribution in [2.45, 2.75) is 46.3 Å². The van der Waals surface area contributed by atoms with Crippen molar-refractivity contribution < 1.29 is 32.6 Å². The van der Waals surface area contributed by atoms with E-state index in [1.807, 2.05) is 0 Å². The topological polar surface area (TPSA) is 97.8 Å². The lowest BCUT2D eigenvalue weighted by Crippen LogP contribution is -2.28. The number of nitrogens with one attached hydrogen (secondary N) is 1. The fourth-order valence-electron chi connectivity index (χ4n) is 4.01. The van der Waals surface area contributed by atoms with Crippen molar-refractivity contribution in [1.82, 2.24) is 4.98 Å². The quantitative estimate of drug-likeness (QED) is 0.464. The molecule has 1 fully saturated rings. The van der Waals surface area contributed by atoms with E-state index in [1.165, 1.54) is 25.4 Å². The van der Waals surface area contributed by atoms with Gasteiger partial charge in [0.05, 0.1) is 23.4 Å². The summed E-state index contributed by atoms with van der Waals surface area (Å²) in [6, 6.07) is 4.74. The Morgan fingerprint density at radius 3 is 2.57 bits per heavy atom. The van der Waals surface area contributed by atoms with Crippen LogP contribution in [-0.4, -0.2) is 42.1 Å². The summed E-state index contributed by atoms with van der Waals surface area (Å²) in [6.07, 6.45) is 4.44. The Morgan fingerprint density at radius 1 is 1.29 bits per heavy atom. The van der Waals surface area contributed by atoms with E-state index in [-0.39, 0.29) is 46.7 Å². The Balaban J connectivity index is 1.91. The van der Waals surface area contributed by atoms with E-state index in [1.54, 1.807) is 36.8 Å². The van der Waals surface area contributed by atoms with Crippen LogP contribution in [-0.2, 0) is 19.1 Å². The highest BCUT2D eigenvalue weighted by Crippen LogP contribution is 2.50. The number of carbonyl (C=O) groups excluding carboxylic acids is 3. The van der Waals surface area contributed by atoms with Crippen LogP contribution in [0.15, 0.2) is 36.2 Å². The third kappa shape index (κ3) is 4.79. The van der Waals surface area contributed by atoms with E-state index >= 15 is 0 Å². The zero-order valence-electron chi connectivity index (χ0n) is 19.4. The Morgan fingerprint density at radius 2 is 2.00 bits per heavy atom. The van der Waals surface area contributed by atoms with Crippen molar-refractivity contribution >= 4 is 34.9 Å². The third-order valence-corrected chi connectivity index (χ3v) is 5.62. The molecule has 182 valence electrons. The smallest absolute Gasteiger partial charge is 0.387 e. The minimum Gasteiger partial charge on any atom is -0.462 e. The lowest BCUT2D eigenvalue weighted by atomic mass is 9.90. The van der Waals surface area contributed by atoms with Crippen LogP contribution in [0.25, 0.3) is 16.7 Å².